The second-order valence-electron chi connectivity index (χ2n) is 5.10. The Kier molecular flexibility index (Phi) is 3.72. The van der Waals surface area contributed by atoms with Crippen LogP contribution in [0.5, 0.6) is 0 Å². The van der Waals surface area contributed by atoms with Crippen molar-refractivity contribution in [3.63, 3.8) is 0 Å². The average Bonchev–Trinajstić information content (AvgIpc) is 3.05. The zero-order valence-corrected chi connectivity index (χ0v) is 12.4. The van der Waals surface area contributed by atoms with Gasteiger partial charge in [-0.2, -0.15) is 15.4 Å². The minimum Gasteiger partial charge on any atom is -0.366 e. The fourth-order valence-electron chi connectivity index (χ4n) is 2.33. The molecule has 23 heavy (non-hydrogen) atoms. The van der Waals surface area contributed by atoms with Crippen LogP contribution in [0.15, 0.2) is 48.5 Å². The number of Topliss-reactive ketones (excluding diaryl/α,β-unsaturated/α-hetero) is 1. The SMILES string of the molecule is CC(=O)c1n[nH]nc1-c1ccc(-c2ccc(C(N)=O)cc2)cc1. The highest BCUT2D eigenvalue weighted by molar-refractivity contribution is 5.97. The number of nitrogens with two attached hydrogens (primary N) is 1. The highest BCUT2D eigenvalue weighted by atomic mass is 16.1. The molecule has 3 N–H and O–H groups in total. The lowest BCUT2D eigenvalue weighted by Gasteiger charge is -2.04. The average molecular weight is 306 g/mol. The van der Waals surface area contributed by atoms with Crippen LogP contribution < -0.4 is 5.73 Å². The first-order valence-electron chi connectivity index (χ1n) is 6.98. The van der Waals surface area contributed by atoms with Crippen molar-refractivity contribution >= 4 is 11.7 Å². The third-order valence-corrected chi connectivity index (χ3v) is 3.54. The van der Waals surface area contributed by atoms with Crippen LogP contribution in [0.3, 0.4) is 0 Å². The summed E-state index contributed by atoms with van der Waals surface area (Å²) < 4.78 is 0. The normalized spacial score (nSPS) is 10.5. The molecule has 3 aromatic rings. The smallest absolute Gasteiger partial charge is 0.248 e. The maximum Gasteiger partial charge on any atom is 0.248 e. The third-order valence-electron chi connectivity index (χ3n) is 3.54. The van der Waals surface area contributed by atoms with Crippen LogP contribution in [0.2, 0.25) is 0 Å². The molecule has 1 aromatic heterocycles. The molecule has 0 saturated carbocycles. The van der Waals surface area contributed by atoms with E-state index in [1.807, 2.05) is 36.4 Å². The molecule has 0 spiro atoms. The number of aromatic amines is 1. The summed E-state index contributed by atoms with van der Waals surface area (Å²) in [5, 5.41) is 10.4. The number of ketones is 1. The van der Waals surface area contributed by atoms with E-state index < -0.39 is 5.91 Å². The van der Waals surface area contributed by atoms with Gasteiger partial charge in [-0.3, -0.25) is 9.59 Å². The quantitative estimate of drug-likeness (QED) is 0.723. The number of rotatable bonds is 4. The van der Waals surface area contributed by atoms with Gasteiger partial charge in [0, 0.05) is 18.1 Å². The number of benzene rings is 2. The highest BCUT2D eigenvalue weighted by Crippen LogP contribution is 2.25. The minimum atomic E-state index is -0.449. The monoisotopic (exact) mass is 306 g/mol. The van der Waals surface area contributed by atoms with Crippen LogP contribution in [0.25, 0.3) is 22.4 Å². The zero-order chi connectivity index (χ0) is 16.4. The van der Waals surface area contributed by atoms with Crippen LogP contribution >= 0.6 is 0 Å². The number of amides is 1. The number of hydrogen-bond donors (Lipinski definition) is 2. The van der Waals surface area contributed by atoms with E-state index in [0.717, 1.165) is 16.7 Å². The predicted molar refractivity (Wildman–Crippen MR) is 85.8 cm³/mol. The van der Waals surface area contributed by atoms with Gasteiger partial charge >= 0.3 is 0 Å². The first-order valence-corrected chi connectivity index (χ1v) is 6.98. The van der Waals surface area contributed by atoms with Crippen molar-refractivity contribution in [2.45, 2.75) is 6.92 Å². The van der Waals surface area contributed by atoms with Gasteiger partial charge in [0.25, 0.3) is 0 Å². The lowest BCUT2D eigenvalue weighted by atomic mass is 10.0. The summed E-state index contributed by atoms with van der Waals surface area (Å²) in [5.41, 5.74) is 9.32. The molecule has 0 unspecified atom stereocenters. The Hall–Kier alpha value is -3.28. The molecule has 0 radical (unpaired) electrons. The Balaban J connectivity index is 1.91. The Morgan fingerprint density at radius 1 is 0.870 bits per heavy atom. The largest absolute Gasteiger partial charge is 0.366 e. The second-order valence-corrected chi connectivity index (χ2v) is 5.10. The number of nitrogens with zero attached hydrogens (tertiary/aromatic N) is 2. The molecule has 1 amide bonds. The van der Waals surface area contributed by atoms with Gasteiger partial charge in [0.05, 0.1) is 0 Å². The highest BCUT2D eigenvalue weighted by Gasteiger charge is 2.14. The van der Waals surface area contributed by atoms with E-state index in [2.05, 4.69) is 15.4 Å². The van der Waals surface area contributed by atoms with Gasteiger partial charge in [-0.25, -0.2) is 0 Å². The maximum atomic E-state index is 11.5. The molecule has 0 bridgehead atoms. The van der Waals surface area contributed by atoms with E-state index in [1.165, 1.54) is 6.92 Å². The van der Waals surface area contributed by atoms with E-state index in [9.17, 15) is 9.59 Å². The van der Waals surface area contributed by atoms with Crippen molar-refractivity contribution < 1.29 is 9.59 Å². The van der Waals surface area contributed by atoms with Gasteiger partial charge in [0.15, 0.2) is 11.5 Å². The number of primary amides is 1. The molecule has 3 rings (SSSR count). The lowest BCUT2D eigenvalue weighted by molar-refractivity contribution is 0.0995. The Labute approximate surface area is 132 Å². The van der Waals surface area contributed by atoms with Crippen LogP contribution in [0.1, 0.15) is 27.8 Å². The van der Waals surface area contributed by atoms with E-state index in [1.54, 1.807) is 12.1 Å². The Morgan fingerprint density at radius 3 is 1.91 bits per heavy atom. The summed E-state index contributed by atoms with van der Waals surface area (Å²) in [7, 11) is 0. The molecular weight excluding hydrogens is 292 g/mol. The van der Waals surface area contributed by atoms with E-state index in [0.29, 0.717) is 17.0 Å². The molecule has 0 aliphatic rings. The van der Waals surface area contributed by atoms with Crippen LogP contribution in [0.4, 0.5) is 0 Å². The Morgan fingerprint density at radius 2 is 1.39 bits per heavy atom. The van der Waals surface area contributed by atoms with Gasteiger partial charge in [0.1, 0.15) is 5.69 Å². The lowest BCUT2D eigenvalue weighted by Crippen LogP contribution is -2.10. The predicted octanol–water partition coefficient (Wildman–Crippen LogP) is 2.44. The summed E-state index contributed by atoms with van der Waals surface area (Å²) >= 11 is 0. The molecule has 0 saturated heterocycles. The molecule has 0 aliphatic heterocycles. The molecule has 2 aromatic carbocycles. The van der Waals surface area contributed by atoms with Crippen LogP contribution in [-0.4, -0.2) is 27.1 Å². The molecule has 0 atom stereocenters. The fourth-order valence-corrected chi connectivity index (χ4v) is 2.33. The number of carbonyl (C=O) groups excluding carboxylic acids is 2. The summed E-state index contributed by atoms with van der Waals surface area (Å²) in [4.78, 5) is 22.6. The van der Waals surface area contributed by atoms with Gasteiger partial charge in [0.2, 0.25) is 5.91 Å². The van der Waals surface area contributed by atoms with Crippen LogP contribution in [0, 0.1) is 0 Å². The summed E-state index contributed by atoms with van der Waals surface area (Å²) in [6, 6.07) is 14.7. The second kappa shape index (κ2) is 5.84. The molecule has 0 aliphatic carbocycles. The number of nitrogens with one attached hydrogen (secondary N) is 1. The van der Waals surface area contributed by atoms with E-state index >= 15 is 0 Å². The number of hydrogen-bond acceptors (Lipinski definition) is 4. The van der Waals surface area contributed by atoms with Gasteiger partial charge < -0.3 is 5.73 Å². The molecule has 6 nitrogen and oxygen atoms in total. The van der Waals surface area contributed by atoms with Crippen molar-refractivity contribution in [1.82, 2.24) is 15.4 Å². The Bertz CT molecular complexity index is 864. The number of carbonyl (C=O) groups is 2. The fraction of sp³-hybridized carbons (Fsp3) is 0.0588. The van der Waals surface area contributed by atoms with Crippen molar-refractivity contribution in [3.8, 4) is 22.4 Å². The van der Waals surface area contributed by atoms with E-state index in [4.69, 9.17) is 5.73 Å². The molecule has 6 heteroatoms. The topological polar surface area (TPSA) is 102 Å². The minimum absolute atomic E-state index is 0.139. The summed E-state index contributed by atoms with van der Waals surface area (Å²) in [6.45, 7) is 1.45. The zero-order valence-electron chi connectivity index (χ0n) is 12.4. The van der Waals surface area contributed by atoms with Gasteiger partial charge in [-0.05, 0) is 23.3 Å². The van der Waals surface area contributed by atoms with E-state index in [-0.39, 0.29) is 5.78 Å². The third kappa shape index (κ3) is 2.87. The molecule has 0 fully saturated rings. The summed E-state index contributed by atoms with van der Waals surface area (Å²) in [5.74, 6) is -0.588. The van der Waals surface area contributed by atoms with Crippen molar-refractivity contribution in [2.75, 3.05) is 0 Å². The van der Waals surface area contributed by atoms with Crippen molar-refractivity contribution in [2.24, 2.45) is 5.73 Å². The van der Waals surface area contributed by atoms with Crippen molar-refractivity contribution in [1.29, 1.82) is 0 Å². The first kappa shape index (κ1) is 14.6. The number of H-pyrrole nitrogens is 1. The first-order chi connectivity index (χ1) is 11.1. The van der Waals surface area contributed by atoms with Crippen molar-refractivity contribution in [3.05, 3.63) is 59.8 Å². The molecule has 1 heterocycles. The standard InChI is InChI=1S/C17H14N4O2/c1-10(22)15-16(20-21-19-15)13-6-2-11(3-7-13)12-4-8-14(9-5-12)17(18)23/h2-9H,1H3,(H2,18,23)(H,19,20,21). The molecule has 114 valence electrons. The summed E-state index contributed by atoms with van der Waals surface area (Å²) in [6.07, 6.45) is 0. The van der Waals surface area contributed by atoms with Crippen LogP contribution in [-0.2, 0) is 0 Å². The maximum absolute atomic E-state index is 11.5. The van der Waals surface area contributed by atoms with Gasteiger partial charge in [-0.1, -0.05) is 36.4 Å². The van der Waals surface area contributed by atoms with Gasteiger partial charge in [-0.15, -0.1) is 0 Å². The number of aromatic nitrogens is 3. The molecular formula is C17H14N4O2.